The number of nitrogens with one attached hydrogen (secondary N) is 1. The Labute approximate surface area is 173 Å². The molecule has 5 N–H and O–H groups in total. The fraction of sp³-hybridized carbons (Fsp3) is 0.0455. The zero-order valence-corrected chi connectivity index (χ0v) is 17.1. The minimum Gasteiger partial charge on any atom is -0.401 e. The summed E-state index contributed by atoms with van der Waals surface area (Å²) < 4.78 is 0. The minimum absolute atomic E-state index is 0.134. The summed E-state index contributed by atoms with van der Waals surface area (Å²) in [6.07, 6.45) is 0. The van der Waals surface area contributed by atoms with Gasteiger partial charge in [0.25, 0.3) is 5.91 Å². The number of benzene rings is 2. The molecule has 0 saturated carbocycles. The van der Waals surface area contributed by atoms with E-state index in [1.165, 1.54) is 11.8 Å². The van der Waals surface area contributed by atoms with Gasteiger partial charge in [0.1, 0.15) is 0 Å². The molecule has 2 aromatic carbocycles. The van der Waals surface area contributed by atoms with Crippen LogP contribution in [0.4, 0.5) is 5.69 Å². The standard InChI is InChI=1S/C22H21N3OS2/c1-14(23)21(28-15(2)24)20-12-18(13-27-20)17-9-6-10-19(11-17)25-22(26)16-7-4-3-5-8-16/h3-13H,2,23-24H2,1H3,(H,25,26)/b21-14+. The van der Waals surface area contributed by atoms with Crippen LogP contribution in [0.25, 0.3) is 16.0 Å². The van der Waals surface area contributed by atoms with E-state index >= 15 is 0 Å². The van der Waals surface area contributed by atoms with Gasteiger partial charge in [-0.3, -0.25) is 4.79 Å². The molecule has 0 aliphatic heterocycles. The van der Waals surface area contributed by atoms with E-state index in [0.717, 1.165) is 26.6 Å². The minimum atomic E-state index is -0.134. The van der Waals surface area contributed by atoms with Gasteiger partial charge in [-0.1, -0.05) is 48.7 Å². The van der Waals surface area contributed by atoms with Crippen molar-refractivity contribution in [3.05, 3.63) is 93.8 Å². The largest absolute Gasteiger partial charge is 0.401 e. The predicted molar refractivity (Wildman–Crippen MR) is 122 cm³/mol. The Morgan fingerprint density at radius 3 is 2.46 bits per heavy atom. The van der Waals surface area contributed by atoms with E-state index in [1.54, 1.807) is 23.5 Å². The molecule has 3 rings (SSSR count). The van der Waals surface area contributed by atoms with Crippen LogP contribution in [0.5, 0.6) is 0 Å². The normalized spacial score (nSPS) is 11.6. The van der Waals surface area contributed by atoms with Crippen LogP contribution < -0.4 is 16.8 Å². The number of thioether (sulfide) groups is 1. The highest BCUT2D eigenvalue weighted by atomic mass is 32.2. The lowest BCUT2D eigenvalue weighted by Gasteiger charge is -2.07. The topological polar surface area (TPSA) is 81.1 Å². The summed E-state index contributed by atoms with van der Waals surface area (Å²) in [6.45, 7) is 5.60. The maximum atomic E-state index is 12.4. The van der Waals surface area contributed by atoms with Crippen molar-refractivity contribution in [1.29, 1.82) is 0 Å². The number of anilines is 1. The summed E-state index contributed by atoms with van der Waals surface area (Å²) in [5, 5.41) is 5.51. The predicted octanol–water partition coefficient (Wildman–Crippen LogP) is 5.48. The number of hydrogen-bond donors (Lipinski definition) is 3. The van der Waals surface area contributed by atoms with E-state index in [-0.39, 0.29) is 5.91 Å². The Hall–Kier alpha value is -2.96. The maximum Gasteiger partial charge on any atom is 0.255 e. The molecule has 0 saturated heterocycles. The Morgan fingerprint density at radius 2 is 1.79 bits per heavy atom. The Balaban J connectivity index is 1.83. The van der Waals surface area contributed by atoms with E-state index in [2.05, 4.69) is 23.3 Å². The highest BCUT2D eigenvalue weighted by Gasteiger charge is 2.12. The first-order valence-corrected chi connectivity index (χ1v) is 10.3. The second-order valence-electron chi connectivity index (χ2n) is 6.18. The molecular weight excluding hydrogens is 386 g/mol. The molecule has 0 aliphatic carbocycles. The van der Waals surface area contributed by atoms with Gasteiger partial charge in [0.2, 0.25) is 0 Å². The van der Waals surface area contributed by atoms with Crippen LogP contribution in [0.15, 0.2) is 83.3 Å². The second-order valence-corrected chi connectivity index (χ2v) is 8.23. The third kappa shape index (κ3) is 4.85. The van der Waals surface area contributed by atoms with Crippen LogP contribution in [0, 0.1) is 0 Å². The van der Waals surface area contributed by atoms with E-state index in [1.807, 2.05) is 49.4 Å². The van der Waals surface area contributed by atoms with Gasteiger partial charge in [-0.05, 0) is 53.8 Å². The lowest BCUT2D eigenvalue weighted by atomic mass is 10.1. The zero-order valence-electron chi connectivity index (χ0n) is 15.4. The number of allylic oxidation sites excluding steroid dienone is 1. The van der Waals surface area contributed by atoms with Gasteiger partial charge in [0.15, 0.2) is 0 Å². The fourth-order valence-corrected chi connectivity index (χ4v) is 4.41. The molecule has 0 aliphatic rings. The average Bonchev–Trinajstić information content (AvgIpc) is 3.16. The molecule has 4 nitrogen and oxygen atoms in total. The van der Waals surface area contributed by atoms with Crippen molar-refractivity contribution < 1.29 is 4.79 Å². The smallest absolute Gasteiger partial charge is 0.255 e. The van der Waals surface area contributed by atoms with Crippen molar-refractivity contribution in [2.45, 2.75) is 6.92 Å². The number of rotatable bonds is 6. The van der Waals surface area contributed by atoms with Gasteiger partial charge in [0, 0.05) is 26.7 Å². The van der Waals surface area contributed by atoms with Crippen molar-refractivity contribution in [1.82, 2.24) is 0 Å². The van der Waals surface area contributed by atoms with E-state index in [9.17, 15) is 4.79 Å². The molecule has 0 radical (unpaired) electrons. The number of nitrogens with two attached hydrogens (primary N) is 2. The van der Waals surface area contributed by atoms with Gasteiger partial charge in [-0.15, -0.1) is 11.3 Å². The van der Waals surface area contributed by atoms with Crippen molar-refractivity contribution in [3.8, 4) is 11.1 Å². The molecule has 28 heavy (non-hydrogen) atoms. The molecule has 6 heteroatoms. The quantitative estimate of drug-likeness (QED) is 0.505. The molecule has 1 aromatic heterocycles. The summed E-state index contributed by atoms with van der Waals surface area (Å²) in [7, 11) is 0. The van der Waals surface area contributed by atoms with Crippen LogP contribution in [0.2, 0.25) is 0 Å². The summed E-state index contributed by atoms with van der Waals surface area (Å²) in [5.74, 6) is -0.134. The highest BCUT2D eigenvalue weighted by Crippen LogP contribution is 2.38. The van der Waals surface area contributed by atoms with E-state index < -0.39 is 0 Å². The van der Waals surface area contributed by atoms with Crippen LogP contribution in [-0.4, -0.2) is 5.91 Å². The molecule has 0 spiro atoms. The van der Waals surface area contributed by atoms with Crippen molar-refractivity contribution in [2.24, 2.45) is 11.5 Å². The maximum absolute atomic E-state index is 12.4. The Morgan fingerprint density at radius 1 is 1.04 bits per heavy atom. The van der Waals surface area contributed by atoms with Crippen molar-refractivity contribution in [2.75, 3.05) is 5.32 Å². The molecule has 1 amide bonds. The van der Waals surface area contributed by atoms with Crippen LogP contribution >= 0.6 is 23.1 Å². The third-order valence-electron chi connectivity index (χ3n) is 3.90. The first-order chi connectivity index (χ1) is 13.4. The molecule has 0 bridgehead atoms. The van der Waals surface area contributed by atoms with Crippen LogP contribution in [0.1, 0.15) is 22.2 Å². The lowest BCUT2D eigenvalue weighted by molar-refractivity contribution is 0.102. The number of carbonyl (C=O) groups excluding carboxylic acids is 1. The Kier molecular flexibility index (Phi) is 6.23. The molecule has 0 unspecified atom stereocenters. The SMILES string of the molecule is C=C(N)S/C(=C(\C)N)c1cc(-c2cccc(NC(=O)c3ccccc3)c2)cs1. The first-order valence-electron chi connectivity index (χ1n) is 8.58. The number of hydrogen-bond acceptors (Lipinski definition) is 5. The van der Waals surface area contributed by atoms with Crippen LogP contribution in [-0.2, 0) is 0 Å². The highest BCUT2D eigenvalue weighted by molar-refractivity contribution is 8.11. The molecule has 0 atom stereocenters. The van der Waals surface area contributed by atoms with Crippen molar-refractivity contribution >= 4 is 39.6 Å². The van der Waals surface area contributed by atoms with Gasteiger partial charge in [0.05, 0.1) is 5.03 Å². The third-order valence-corrected chi connectivity index (χ3v) is 5.99. The van der Waals surface area contributed by atoms with Gasteiger partial charge in [-0.25, -0.2) is 0 Å². The lowest BCUT2D eigenvalue weighted by Crippen LogP contribution is -2.11. The summed E-state index contributed by atoms with van der Waals surface area (Å²) in [6, 6.07) is 19.0. The monoisotopic (exact) mass is 407 g/mol. The summed E-state index contributed by atoms with van der Waals surface area (Å²) in [4.78, 5) is 14.3. The van der Waals surface area contributed by atoms with Gasteiger partial charge in [-0.2, -0.15) is 0 Å². The number of thiophene rings is 1. The van der Waals surface area contributed by atoms with E-state index in [4.69, 9.17) is 11.5 Å². The summed E-state index contributed by atoms with van der Waals surface area (Å²) >= 11 is 2.97. The van der Waals surface area contributed by atoms with Gasteiger partial charge < -0.3 is 16.8 Å². The summed E-state index contributed by atoms with van der Waals surface area (Å²) in [5.41, 5.74) is 15.9. The molecular formula is C22H21N3OS2. The number of carbonyl (C=O) groups is 1. The molecule has 3 aromatic rings. The Bertz CT molecular complexity index is 1030. The average molecular weight is 408 g/mol. The second kappa shape index (κ2) is 8.82. The zero-order chi connectivity index (χ0) is 20.1. The van der Waals surface area contributed by atoms with E-state index in [0.29, 0.717) is 16.3 Å². The molecule has 0 fully saturated rings. The first kappa shape index (κ1) is 19.8. The van der Waals surface area contributed by atoms with Crippen LogP contribution in [0.3, 0.4) is 0 Å². The molecule has 1 heterocycles. The van der Waals surface area contributed by atoms with Crippen molar-refractivity contribution in [3.63, 3.8) is 0 Å². The number of amides is 1. The van der Waals surface area contributed by atoms with Gasteiger partial charge >= 0.3 is 0 Å². The fourth-order valence-electron chi connectivity index (χ4n) is 2.63. The molecule has 142 valence electrons.